The maximum Gasteiger partial charge on any atom is 0.324 e. The minimum atomic E-state index is -1.32. The first-order valence-corrected chi connectivity index (χ1v) is 9.47. The fourth-order valence-corrected chi connectivity index (χ4v) is 4.95. The molecule has 1 amide bonds. The summed E-state index contributed by atoms with van der Waals surface area (Å²) in [5, 5.41) is 3.44. The lowest BCUT2D eigenvalue weighted by molar-refractivity contribution is -0.172. The molecule has 5 nitrogen and oxygen atoms in total. The van der Waals surface area contributed by atoms with Gasteiger partial charge in [0, 0.05) is 18.0 Å². The van der Waals surface area contributed by atoms with Crippen LogP contribution in [0.2, 0.25) is 0 Å². The number of nitrogens with one attached hydrogen (secondary N) is 1. The van der Waals surface area contributed by atoms with Gasteiger partial charge in [-0.2, -0.15) is 0 Å². The number of fused-ring (bicyclic) bond motifs is 2. The molecule has 3 aliphatic rings. The monoisotopic (exact) mass is 342 g/mol. The van der Waals surface area contributed by atoms with E-state index in [1.165, 1.54) is 19.3 Å². The minimum Gasteiger partial charge on any atom is -0.443 e. The van der Waals surface area contributed by atoms with Crippen LogP contribution in [-0.4, -0.2) is 24.0 Å². The lowest BCUT2D eigenvalue weighted by Crippen LogP contribution is -2.50. The summed E-state index contributed by atoms with van der Waals surface area (Å²) in [5.74, 6) is -0.345. The van der Waals surface area contributed by atoms with Crippen LogP contribution in [0.25, 0.3) is 0 Å². The van der Waals surface area contributed by atoms with E-state index in [0.29, 0.717) is 18.4 Å². The number of nitrogens with two attached hydrogens (primary N) is 1. The highest BCUT2D eigenvalue weighted by Gasteiger charge is 2.48. The summed E-state index contributed by atoms with van der Waals surface area (Å²) in [4.78, 5) is 25.2. The van der Waals surface area contributed by atoms with Crippen molar-refractivity contribution in [1.82, 2.24) is 5.32 Å². The number of primary amides is 1. The molecule has 25 heavy (non-hydrogen) atoms. The van der Waals surface area contributed by atoms with Crippen molar-refractivity contribution in [1.29, 1.82) is 0 Å². The average Bonchev–Trinajstić information content (AvgIpc) is 3.06. The first-order valence-electron chi connectivity index (χ1n) is 9.47. The summed E-state index contributed by atoms with van der Waals surface area (Å²) in [6.45, 7) is 0. The van der Waals surface area contributed by atoms with Crippen LogP contribution in [0.15, 0.2) is 24.3 Å². The third kappa shape index (κ3) is 2.84. The van der Waals surface area contributed by atoms with Gasteiger partial charge >= 0.3 is 5.97 Å². The van der Waals surface area contributed by atoms with Crippen LogP contribution < -0.4 is 11.1 Å². The van der Waals surface area contributed by atoms with Crippen LogP contribution in [0.4, 0.5) is 0 Å². The molecule has 5 heteroatoms. The number of hydrogen-bond acceptors (Lipinski definition) is 4. The van der Waals surface area contributed by atoms with Crippen LogP contribution >= 0.6 is 0 Å². The Morgan fingerprint density at radius 1 is 1.16 bits per heavy atom. The molecule has 1 saturated carbocycles. The molecule has 0 radical (unpaired) electrons. The van der Waals surface area contributed by atoms with Gasteiger partial charge in [0.1, 0.15) is 6.04 Å². The Hall–Kier alpha value is -1.88. The third-order valence-electron chi connectivity index (χ3n) is 6.25. The van der Waals surface area contributed by atoms with Gasteiger partial charge in [0.25, 0.3) is 5.91 Å². The van der Waals surface area contributed by atoms with Crippen molar-refractivity contribution in [2.75, 3.05) is 0 Å². The molecule has 1 heterocycles. The molecule has 1 saturated heterocycles. The molecular formula is C20H26N2O3. The summed E-state index contributed by atoms with van der Waals surface area (Å²) in [6.07, 6.45) is 7.69. The third-order valence-corrected chi connectivity index (χ3v) is 6.25. The molecule has 4 atom stereocenters. The lowest BCUT2D eigenvalue weighted by atomic mass is 9.78. The average molecular weight is 342 g/mol. The van der Waals surface area contributed by atoms with Gasteiger partial charge in [0.2, 0.25) is 5.60 Å². The van der Waals surface area contributed by atoms with E-state index in [2.05, 4.69) is 5.32 Å². The predicted molar refractivity (Wildman–Crippen MR) is 93.6 cm³/mol. The van der Waals surface area contributed by atoms with Crippen molar-refractivity contribution in [2.24, 2.45) is 11.7 Å². The highest BCUT2D eigenvalue weighted by molar-refractivity contribution is 5.89. The molecule has 4 unspecified atom stereocenters. The minimum absolute atomic E-state index is 0.321. The molecule has 1 aromatic rings. The number of benzene rings is 1. The molecule has 2 fully saturated rings. The van der Waals surface area contributed by atoms with Gasteiger partial charge in [-0.1, -0.05) is 37.1 Å². The molecular weight excluding hydrogens is 316 g/mol. The van der Waals surface area contributed by atoms with Crippen molar-refractivity contribution in [3.63, 3.8) is 0 Å². The highest BCUT2D eigenvalue weighted by Crippen LogP contribution is 2.40. The maximum absolute atomic E-state index is 12.9. The van der Waals surface area contributed by atoms with Gasteiger partial charge in [-0.05, 0) is 43.6 Å². The second-order valence-electron chi connectivity index (χ2n) is 7.73. The Kier molecular flexibility index (Phi) is 4.28. The topological polar surface area (TPSA) is 81.4 Å². The van der Waals surface area contributed by atoms with Gasteiger partial charge in [-0.25, -0.2) is 0 Å². The summed E-state index contributed by atoms with van der Waals surface area (Å²) in [5.41, 5.74) is 6.24. The Morgan fingerprint density at radius 2 is 1.96 bits per heavy atom. The lowest BCUT2D eigenvalue weighted by Gasteiger charge is -2.36. The number of esters is 1. The summed E-state index contributed by atoms with van der Waals surface area (Å²) < 4.78 is 5.88. The zero-order valence-electron chi connectivity index (χ0n) is 14.5. The number of carbonyl (C=O) groups is 2. The van der Waals surface area contributed by atoms with Gasteiger partial charge in [-0.3, -0.25) is 9.59 Å². The first kappa shape index (κ1) is 16.6. The number of ether oxygens (including phenoxy) is 1. The summed E-state index contributed by atoms with van der Waals surface area (Å²) in [6, 6.07) is 7.77. The van der Waals surface area contributed by atoms with Gasteiger partial charge in [-0.15, -0.1) is 0 Å². The van der Waals surface area contributed by atoms with E-state index >= 15 is 0 Å². The van der Waals surface area contributed by atoms with Crippen molar-refractivity contribution >= 4 is 11.9 Å². The Labute approximate surface area is 148 Å². The summed E-state index contributed by atoms with van der Waals surface area (Å²) in [7, 11) is 0. The maximum atomic E-state index is 12.9. The van der Waals surface area contributed by atoms with E-state index in [4.69, 9.17) is 10.5 Å². The van der Waals surface area contributed by atoms with Gasteiger partial charge in [0.05, 0.1) is 0 Å². The molecule has 1 aromatic carbocycles. The highest BCUT2D eigenvalue weighted by atomic mass is 16.6. The molecule has 134 valence electrons. The normalized spacial score (nSPS) is 34.0. The van der Waals surface area contributed by atoms with Crippen molar-refractivity contribution < 1.29 is 14.3 Å². The molecule has 0 bridgehead atoms. The largest absolute Gasteiger partial charge is 0.443 e. The van der Waals surface area contributed by atoms with E-state index in [-0.39, 0.29) is 12.0 Å². The zero-order chi connectivity index (χ0) is 17.4. The number of carbonyl (C=O) groups excluding carboxylic acids is 2. The summed E-state index contributed by atoms with van der Waals surface area (Å²) >= 11 is 0. The fourth-order valence-electron chi connectivity index (χ4n) is 4.95. The smallest absolute Gasteiger partial charge is 0.324 e. The Bertz CT molecular complexity index is 675. The molecule has 1 aliphatic heterocycles. The molecule has 2 aliphatic carbocycles. The predicted octanol–water partition coefficient (Wildman–Crippen LogP) is 2.17. The first-order chi connectivity index (χ1) is 12.1. The van der Waals surface area contributed by atoms with Gasteiger partial charge in [0.15, 0.2) is 0 Å². The second-order valence-corrected chi connectivity index (χ2v) is 7.73. The van der Waals surface area contributed by atoms with Crippen LogP contribution in [0.5, 0.6) is 0 Å². The standard InChI is InChI=1S/C20H26N2O3/c21-19(24)20(11-5-8-13-6-1-3-9-15(13)20)25-18(23)17-12-14-7-2-4-10-16(14)22-17/h1,3,6,9,14,16-17,22H,2,4-5,7-8,10-12H2,(H2,21,24). The molecule has 0 aromatic heterocycles. The Balaban J connectivity index is 1.57. The number of rotatable bonds is 3. The van der Waals surface area contributed by atoms with E-state index in [1.807, 2.05) is 24.3 Å². The fraction of sp³-hybridized carbons (Fsp3) is 0.600. The molecule has 3 N–H and O–H groups in total. The molecule has 4 rings (SSSR count). The van der Waals surface area contributed by atoms with Crippen LogP contribution in [0, 0.1) is 5.92 Å². The van der Waals surface area contributed by atoms with Crippen LogP contribution in [-0.2, 0) is 26.3 Å². The van der Waals surface area contributed by atoms with Crippen molar-refractivity contribution in [3.8, 4) is 0 Å². The quantitative estimate of drug-likeness (QED) is 0.825. The van der Waals surface area contributed by atoms with Crippen LogP contribution in [0.3, 0.4) is 0 Å². The van der Waals surface area contributed by atoms with Crippen molar-refractivity contribution in [3.05, 3.63) is 35.4 Å². The zero-order valence-corrected chi connectivity index (χ0v) is 14.5. The van der Waals surface area contributed by atoms with E-state index < -0.39 is 11.5 Å². The van der Waals surface area contributed by atoms with E-state index in [0.717, 1.165) is 36.8 Å². The number of aryl methyl sites for hydroxylation is 1. The second kappa shape index (κ2) is 6.45. The van der Waals surface area contributed by atoms with E-state index in [9.17, 15) is 9.59 Å². The Morgan fingerprint density at radius 3 is 2.76 bits per heavy atom. The number of hydrogen-bond donors (Lipinski definition) is 2. The van der Waals surface area contributed by atoms with E-state index in [1.54, 1.807) is 0 Å². The molecule has 0 spiro atoms. The SMILES string of the molecule is NC(=O)C1(OC(=O)C2CC3CCCCC3N2)CCCc2ccccc21. The van der Waals surface area contributed by atoms with Gasteiger partial charge < -0.3 is 15.8 Å². The number of amides is 1. The van der Waals surface area contributed by atoms with Crippen molar-refractivity contribution in [2.45, 2.75) is 69.1 Å². The van der Waals surface area contributed by atoms with Crippen LogP contribution in [0.1, 0.15) is 56.1 Å².